The van der Waals surface area contributed by atoms with Crippen LogP contribution in [0.15, 0.2) is 17.6 Å². The molecule has 1 fully saturated rings. The standard InChI is InChI=1S/C13H21N3OS/c1-17-10-12-5-3-4-6-16(12)9-11-7-14-13(18-2)15-8-11/h7-8,12H,3-6,9-10H2,1-2H3/t12-/m0/s1. The Hall–Kier alpha value is -0.650. The van der Waals surface area contributed by atoms with E-state index in [9.17, 15) is 0 Å². The zero-order valence-corrected chi connectivity index (χ0v) is 11.9. The van der Waals surface area contributed by atoms with Crippen molar-refractivity contribution in [2.75, 3.05) is 26.5 Å². The molecule has 1 saturated heterocycles. The Morgan fingerprint density at radius 3 is 2.83 bits per heavy atom. The van der Waals surface area contributed by atoms with E-state index in [1.54, 1.807) is 18.9 Å². The Balaban J connectivity index is 1.96. The number of hydrogen-bond donors (Lipinski definition) is 0. The molecule has 2 heterocycles. The molecular weight excluding hydrogens is 246 g/mol. The zero-order chi connectivity index (χ0) is 12.8. The molecule has 0 amide bonds. The summed E-state index contributed by atoms with van der Waals surface area (Å²) < 4.78 is 5.31. The highest BCUT2D eigenvalue weighted by Crippen LogP contribution is 2.19. The summed E-state index contributed by atoms with van der Waals surface area (Å²) in [4.78, 5) is 11.1. The van der Waals surface area contributed by atoms with Crippen molar-refractivity contribution in [3.63, 3.8) is 0 Å². The molecule has 1 aromatic heterocycles. The number of methoxy groups -OCH3 is 1. The lowest BCUT2D eigenvalue weighted by atomic mass is 10.0. The van der Waals surface area contributed by atoms with Gasteiger partial charge in [-0.25, -0.2) is 9.97 Å². The summed E-state index contributed by atoms with van der Waals surface area (Å²) in [6.07, 6.45) is 9.71. The number of aromatic nitrogens is 2. The van der Waals surface area contributed by atoms with Crippen molar-refractivity contribution in [1.82, 2.24) is 14.9 Å². The number of rotatable bonds is 5. The third kappa shape index (κ3) is 3.67. The normalized spacial score (nSPS) is 21.1. The topological polar surface area (TPSA) is 38.2 Å². The number of nitrogens with zero attached hydrogens (tertiary/aromatic N) is 3. The third-order valence-electron chi connectivity index (χ3n) is 3.36. The molecule has 0 N–H and O–H groups in total. The van der Waals surface area contributed by atoms with Crippen LogP contribution in [0.5, 0.6) is 0 Å². The van der Waals surface area contributed by atoms with Crippen molar-refractivity contribution in [3.8, 4) is 0 Å². The molecule has 0 spiro atoms. The summed E-state index contributed by atoms with van der Waals surface area (Å²) in [6.45, 7) is 2.91. The van der Waals surface area contributed by atoms with Gasteiger partial charge in [-0.3, -0.25) is 4.90 Å². The number of piperidine rings is 1. The van der Waals surface area contributed by atoms with Crippen LogP contribution in [0.1, 0.15) is 24.8 Å². The van der Waals surface area contributed by atoms with Crippen LogP contribution in [-0.4, -0.2) is 47.4 Å². The number of likely N-dealkylation sites (tertiary alicyclic amines) is 1. The maximum absolute atomic E-state index is 5.31. The van der Waals surface area contributed by atoms with E-state index < -0.39 is 0 Å². The van der Waals surface area contributed by atoms with Crippen molar-refractivity contribution >= 4 is 11.8 Å². The first-order chi connectivity index (χ1) is 8.83. The molecule has 18 heavy (non-hydrogen) atoms. The van der Waals surface area contributed by atoms with Gasteiger partial charge in [-0.15, -0.1) is 0 Å². The lowest BCUT2D eigenvalue weighted by molar-refractivity contribution is 0.0599. The van der Waals surface area contributed by atoms with Gasteiger partial charge >= 0.3 is 0 Å². The molecule has 0 unspecified atom stereocenters. The monoisotopic (exact) mass is 267 g/mol. The molecule has 100 valence electrons. The van der Waals surface area contributed by atoms with Gasteiger partial charge in [0.05, 0.1) is 6.61 Å². The molecule has 1 aliphatic rings. The van der Waals surface area contributed by atoms with Crippen LogP contribution in [-0.2, 0) is 11.3 Å². The van der Waals surface area contributed by atoms with E-state index in [2.05, 4.69) is 14.9 Å². The van der Waals surface area contributed by atoms with E-state index in [0.29, 0.717) is 6.04 Å². The van der Waals surface area contributed by atoms with Crippen molar-refractivity contribution in [1.29, 1.82) is 0 Å². The average Bonchev–Trinajstić information content (AvgIpc) is 2.42. The minimum Gasteiger partial charge on any atom is -0.383 e. The highest BCUT2D eigenvalue weighted by molar-refractivity contribution is 7.98. The summed E-state index contributed by atoms with van der Waals surface area (Å²) in [5.74, 6) is 0. The van der Waals surface area contributed by atoms with E-state index in [1.807, 2.05) is 18.6 Å². The Bertz CT molecular complexity index is 356. The number of thioether (sulfide) groups is 1. The third-order valence-corrected chi connectivity index (χ3v) is 3.93. The van der Waals surface area contributed by atoms with E-state index in [0.717, 1.165) is 24.9 Å². The molecule has 1 aliphatic heterocycles. The van der Waals surface area contributed by atoms with Crippen LogP contribution in [0.25, 0.3) is 0 Å². The van der Waals surface area contributed by atoms with Gasteiger partial charge in [0, 0.05) is 37.7 Å². The largest absolute Gasteiger partial charge is 0.383 e. The van der Waals surface area contributed by atoms with E-state index >= 15 is 0 Å². The fourth-order valence-electron chi connectivity index (χ4n) is 2.41. The second kappa shape index (κ2) is 7.07. The smallest absolute Gasteiger partial charge is 0.187 e. The van der Waals surface area contributed by atoms with Gasteiger partial charge in [-0.2, -0.15) is 0 Å². The average molecular weight is 267 g/mol. The van der Waals surface area contributed by atoms with Gasteiger partial charge in [0.15, 0.2) is 5.16 Å². The van der Waals surface area contributed by atoms with Crippen molar-refractivity contribution in [3.05, 3.63) is 18.0 Å². The van der Waals surface area contributed by atoms with Crippen LogP contribution in [0.4, 0.5) is 0 Å². The van der Waals surface area contributed by atoms with Gasteiger partial charge in [-0.1, -0.05) is 18.2 Å². The quantitative estimate of drug-likeness (QED) is 0.604. The van der Waals surface area contributed by atoms with E-state index in [4.69, 9.17) is 4.74 Å². The van der Waals surface area contributed by atoms with Crippen LogP contribution < -0.4 is 0 Å². The molecule has 5 heteroatoms. The molecule has 1 aromatic rings. The molecule has 0 bridgehead atoms. The summed E-state index contributed by atoms with van der Waals surface area (Å²) in [6, 6.07) is 0.545. The first kappa shape index (κ1) is 13.8. The lowest BCUT2D eigenvalue weighted by Gasteiger charge is -2.35. The molecule has 0 aromatic carbocycles. The predicted molar refractivity (Wildman–Crippen MR) is 73.7 cm³/mol. The minimum atomic E-state index is 0.545. The minimum absolute atomic E-state index is 0.545. The van der Waals surface area contributed by atoms with Gasteiger partial charge < -0.3 is 4.74 Å². The molecule has 4 nitrogen and oxygen atoms in total. The van der Waals surface area contributed by atoms with Gasteiger partial charge in [0.2, 0.25) is 0 Å². The first-order valence-corrected chi connectivity index (χ1v) is 7.64. The van der Waals surface area contributed by atoms with Gasteiger partial charge in [-0.05, 0) is 25.6 Å². The Labute approximate surface area is 113 Å². The zero-order valence-electron chi connectivity index (χ0n) is 11.1. The second-order valence-corrected chi connectivity index (χ2v) is 5.43. The summed E-state index contributed by atoms with van der Waals surface area (Å²) in [5, 5.41) is 0.839. The summed E-state index contributed by atoms with van der Waals surface area (Å²) in [7, 11) is 1.78. The van der Waals surface area contributed by atoms with Crippen LogP contribution in [0, 0.1) is 0 Å². The maximum atomic E-state index is 5.31. The highest BCUT2D eigenvalue weighted by atomic mass is 32.2. The molecule has 0 aliphatic carbocycles. The molecule has 0 saturated carbocycles. The number of ether oxygens (including phenoxy) is 1. The summed E-state index contributed by atoms with van der Waals surface area (Å²) >= 11 is 1.58. The summed E-state index contributed by atoms with van der Waals surface area (Å²) in [5.41, 5.74) is 1.19. The molecule has 1 atom stereocenters. The van der Waals surface area contributed by atoms with Crippen LogP contribution in [0.3, 0.4) is 0 Å². The van der Waals surface area contributed by atoms with E-state index in [1.165, 1.54) is 24.8 Å². The maximum Gasteiger partial charge on any atom is 0.187 e. The van der Waals surface area contributed by atoms with Crippen molar-refractivity contribution in [2.24, 2.45) is 0 Å². The number of hydrogen-bond acceptors (Lipinski definition) is 5. The van der Waals surface area contributed by atoms with Crippen molar-refractivity contribution in [2.45, 2.75) is 37.0 Å². The van der Waals surface area contributed by atoms with Gasteiger partial charge in [0.1, 0.15) is 0 Å². The predicted octanol–water partition coefficient (Wildman–Crippen LogP) is 2.20. The van der Waals surface area contributed by atoms with Crippen molar-refractivity contribution < 1.29 is 4.74 Å². The SMILES string of the molecule is COC[C@@H]1CCCCN1Cc1cnc(SC)nc1. The second-order valence-electron chi connectivity index (χ2n) is 4.65. The van der Waals surface area contributed by atoms with Crippen LogP contribution >= 0.6 is 11.8 Å². The van der Waals surface area contributed by atoms with E-state index in [-0.39, 0.29) is 0 Å². The van der Waals surface area contributed by atoms with Gasteiger partial charge in [0.25, 0.3) is 0 Å². The molecule has 0 radical (unpaired) electrons. The molecule has 2 rings (SSSR count). The Morgan fingerprint density at radius 2 is 2.17 bits per heavy atom. The van der Waals surface area contributed by atoms with Crippen LogP contribution in [0.2, 0.25) is 0 Å². The Morgan fingerprint density at radius 1 is 1.39 bits per heavy atom. The highest BCUT2D eigenvalue weighted by Gasteiger charge is 2.22. The first-order valence-electron chi connectivity index (χ1n) is 6.41. The fourth-order valence-corrected chi connectivity index (χ4v) is 2.73. The molecular formula is C13H21N3OS. The fraction of sp³-hybridized carbons (Fsp3) is 0.692. The lowest BCUT2D eigenvalue weighted by Crippen LogP contribution is -2.41. The Kier molecular flexibility index (Phi) is 5.41.